The highest BCUT2D eigenvalue weighted by Crippen LogP contribution is 2.45. The minimum Gasteiger partial charge on any atom is -0.457 e. The largest absolute Gasteiger partial charge is 0.457 e. The SMILES string of the molecule is CC(C)(C)c1cc(-c2cccc(-c3ccc(C(C)(C)C)cc3CCCN3CN(c4cccc(Oc5ccc6c7ccccc7n(-c7cc(C(C)(C)C)ccn7)c6c5)c4)c4ccc(C(C)(C)C)cc43)c2)cc(C(C)(C)C)c1. The fourth-order valence-corrected chi connectivity index (χ4v) is 10.9. The minimum atomic E-state index is -0.00778. The Morgan fingerprint density at radius 2 is 1.07 bits per heavy atom. The summed E-state index contributed by atoms with van der Waals surface area (Å²) in [5.74, 6) is 2.48. The van der Waals surface area contributed by atoms with Gasteiger partial charge in [-0.05, 0) is 156 Å². The maximum absolute atomic E-state index is 6.82. The second-order valence-corrected chi connectivity index (χ2v) is 26.7. The highest BCUT2D eigenvalue weighted by molar-refractivity contribution is 6.09. The van der Waals surface area contributed by atoms with Crippen LogP contribution in [0.2, 0.25) is 0 Å². The monoisotopic (exact) mass is 1000 g/mol. The number of hydrogen-bond acceptors (Lipinski definition) is 4. The number of para-hydroxylation sites is 1. The fraction of sp³-hybridized carbons (Fsp3) is 0.338. The van der Waals surface area contributed by atoms with Gasteiger partial charge in [-0.25, -0.2) is 4.98 Å². The summed E-state index contributed by atoms with van der Waals surface area (Å²) >= 11 is 0. The van der Waals surface area contributed by atoms with Crippen molar-refractivity contribution in [3.05, 3.63) is 197 Å². The van der Waals surface area contributed by atoms with Crippen LogP contribution in [0.1, 0.15) is 144 Å². The molecule has 7 aromatic carbocycles. The summed E-state index contributed by atoms with van der Waals surface area (Å²) in [4.78, 5) is 9.96. The van der Waals surface area contributed by atoms with Crippen LogP contribution in [0.15, 0.2) is 164 Å². The van der Waals surface area contributed by atoms with Crippen molar-refractivity contribution in [1.82, 2.24) is 9.55 Å². The zero-order valence-corrected chi connectivity index (χ0v) is 48.1. The normalized spacial score (nSPS) is 13.5. The quantitative estimate of drug-likeness (QED) is 0.137. The van der Waals surface area contributed by atoms with E-state index in [0.29, 0.717) is 0 Å². The van der Waals surface area contributed by atoms with E-state index in [-0.39, 0.29) is 27.1 Å². The summed E-state index contributed by atoms with van der Waals surface area (Å²) < 4.78 is 9.10. The molecule has 0 fully saturated rings. The summed E-state index contributed by atoms with van der Waals surface area (Å²) in [5.41, 5.74) is 19.2. The minimum absolute atomic E-state index is 0.00778. The van der Waals surface area contributed by atoms with E-state index >= 15 is 0 Å². The smallest absolute Gasteiger partial charge is 0.137 e. The van der Waals surface area contributed by atoms with Crippen molar-refractivity contribution in [1.29, 1.82) is 0 Å². The topological polar surface area (TPSA) is 33.5 Å². The van der Waals surface area contributed by atoms with Gasteiger partial charge in [0.2, 0.25) is 0 Å². The van der Waals surface area contributed by atoms with Gasteiger partial charge in [0.15, 0.2) is 0 Å². The Bertz CT molecular complexity index is 3580. The Hall–Kier alpha value is -7.11. The molecule has 0 N–H and O–H groups in total. The summed E-state index contributed by atoms with van der Waals surface area (Å²) in [6.07, 6.45) is 3.91. The first-order chi connectivity index (χ1) is 35.8. The van der Waals surface area contributed by atoms with Crippen LogP contribution in [0.25, 0.3) is 49.9 Å². The number of nitrogens with zero attached hydrogens (tertiary/aromatic N) is 4. The van der Waals surface area contributed by atoms with Gasteiger partial charge in [-0.1, -0.05) is 189 Å². The molecule has 0 unspecified atom stereocenters. The van der Waals surface area contributed by atoms with Crippen LogP contribution in [0.3, 0.4) is 0 Å². The van der Waals surface area contributed by atoms with Crippen LogP contribution in [-0.4, -0.2) is 22.8 Å². The average molecular weight is 1010 g/mol. The van der Waals surface area contributed by atoms with Crippen molar-refractivity contribution in [2.45, 2.75) is 144 Å². The molecule has 0 bridgehead atoms. The Morgan fingerprint density at radius 1 is 0.447 bits per heavy atom. The molecular formula is C71H80N4O. The van der Waals surface area contributed by atoms with Gasteiger partial charge in [0.1, 0.15) is 17.3 Å². The molecular weight excluding hydrogens is 925 g/mol. The molecule has 9 aromatic rings. The van der Waals surface area contributed by atoms with Gasteiger partial charge in [0.05, 0.1) is 29.1 Å². The van der Waals surface area contributed by atoms with E-state index in [1.54, 1.807) is 0 Å². The molecule has 76 heavy (non-hydrogen) atoms. The van der Waals surface area contributed by atoms with Crippen molar-refractivity contribution < 1.29 is 4.74 Å². The van der Waals surface area contributed by atoms with Crippen molar-refractivity contribution in [3.8, 4) is 39.6 Å². The standard InChI is InChI=1S/C71H80N4O/c1-67(2,3)51-28-31-59(48-22-18-21-47(37-48)50-39-54(70(10,11)12)41-55(40-50)71(13,14)15)49(38-51)23-20-36-73-46-74(63-33-29-52(42-65(63)73)68(4,5)6)56-24-19-25-57(44-56)76-58-30-32-61-60-26-16-17-27-62(60)75(64(61)45-58)66-43-53(34-35-72-66)69(7,8)9/h16-19,21-22,24-35,37-45H,20,23,36,46H2,1-15H3. The van der Waals surface area contributed by atoms with Gasteiger partial charge in [-0.2, -0.15) is 0 Å². The molecule has 0 saturated heterocycles. The lowest BCUT2D eigenvalue weighted by Gasteiger charge is -2.26. The molecule has 0 spiro atoms. The van der Waals surface area contributed by atoms with Crippen molar-refractivity contribution in [3.63, 3.8) is 0 Å². The third kappa shape index (κ3) is 10.7. The van der Waals surface area contributed by atoms with Gasteiger partial charge >= 0.3 is 0 Å². The van der Waals surface area contributed by atoms with Crippen molar-refractivity contribution in [2.75, 3.05) is 23.0 Å². The van der Waals surface area contributed by atoms with Crippen LogP contribution in [0.4, 0.5) is 17.1 Å². The lowest BCUT2D eigenvalue weighted by atomic mass is 9.78. The number of pyridine rings is 1. The fourth-order valence-electron chi connectivity index (χ4n) is 10.9. The molecule has 1 aliphatic rings. The van der Waals surface area contributed by atoms with Gasteiger partial charge < -0.3 is 14.5 Å². The van der Waals surface area contributed by atoms with Crippen LogP contribution < -0.4 is 14.5 Å². The van der Waals surface area contributed by atoms with Gasteiger partial charge in [0, 0.05) is 41.3 Å². The summed E-state index contributed by atoms with van der Waals surface area (Å²) in [5, 5.41) is 2.36. The third-order valence-electron chi connectivity index (χ3n) is 15.7. The molecule has 3 heterocycles. The van der Waals surface area contributed by atoms with E-state index in [1.807, 2.05) is 6.20 Å². The number of hydrogen-bond donors (Lipinski definition) is 0. The summed E-state index contributed by atoms with van der Waals surface area (Å²) in [7, 11) is 0. The van der Waals surface area contributed by atoms with Gasteiger partial charge in [0.25, 0.3) is 0 Å². The number of ether oxygens (including phenoxy) is 1. The molecule has 1 aliphatic heterocycles. The Balaban J connectivity index is 0.941. The molecule has 2 aromatic heterocycles. The van der Waals surface area contributed by atoms with Crippen molar-refractivity contribution >= 4 is 38.9 Å². The second-order valence-electron chi connectivity index (χ2n) is 26.7. The maximum atomic E-state index is 6.82. The summed E-state index contributed by atoms with van der Waals surface area (Å²) in [6.45, 7) is 36.3. The Labute approximate surface area is 454 Å². The van der Waals surface area contributed by atoms with Gasteiger partial charge in [-0.3, -0.25) is 4.57 Å². The lowest BCUT2D eigenvalue weighted by molar-refractivity contribution is 0.483. The van der Waals surface area contributed by atoms with E-state index in [4.69, 9.17) is 9.72 Å². The molecule has 390 valence electrons. The molecule has 0 radical (unpaired) electrons. The lowest BCUT2D eigenvalue weighted by Crippen LogP contribution is -2.29. The molecule has 0 saturated carbocycles. The highest BCUT2D eigenvalue weighted by Gasteiger charge is 2.30. The average Bonchev–Trinajstić information content (AvgIpc) is 3.99. The van der Waals surface area contributed by atoms with Crippen LogP contribution in [0, 0.1) is 0 Å². The molecule has 0 aliphatic carbocycles. The first-order valence-corrected chi connectivity index (χ1v) is 27.6. The first kappa shape index (κ1) is 52.3. The number of rotatable bonds is 10. The van der Waals surface area contributed by atoms with Crippen LogP contribution in [-0.2, 0) is 33.5 Å². The number of fused-ring (bicyclic) bond motifs is 4. The van der Waals surface area contributed by atoms with E-state index in [9.17, 15) is 0 Å². The van der Waals surface area contributed by atoms with Crippen molar-refractivity contribution in [2.24, 2.45) is 0 Å². The third-order valence-corrected chi connectivity index (χ3v) is 15.7. The summed E-state index contributed by atoms with van der Waals surface area (Å²) in [6, 6.07) is 58.8. The molecule has 0 atom stereocenters. The van der Waals surface area contributed by atoms with E-state index in [2.05, 4.69) is 276 Å². The molecule has 0 amide bonds. The number of anilines is 3. The molecule has 5 nitrogen and oxygen atoms in total. The maximum Gasteiger partial charge on any atom is 0.137 e. The number of aryl methyl sites for hydroxylation is 1. The molecule has 10 rings (SSSR count). The zero-order valence-electron chi connectivity index (χ0n) is 48.1. The Kier molecular flexibility index (Phi) is 13.4. The van der Waals surface area contributed by atoms with E-state index < -0.39 is 0 Å². The first-order valence-electron chi connectivity index (χ1n) is 27.6. The zero-order chi connectivity index (χ0) is 54.1. The van der Waals surface area contributed by atoms with Crippen LogP contribution >= 0.6 is 0 Å². The van der Waals surface area contributed by atoms with Gasteiger partial charge in [-0.15, -0.1) is 0 Å². The Morgan fingerprint density at radius 3 is 1.78 bits per heavy atom. The predicted molar refractivity (Wildman–Crippen MR) is 325 cm³/mol. The highest BCUT2D eigenvalue weighted by atomic mass is 16.5. The molecule has 5 heteroatoms. The number of aromatic nitrogens is 2. The van der Waals surface area contributed by atoms with E-state index in [1.165, 1.54) is 77.8 Å². The second kappa shape index (κ2) is 19.5. The number of benzene rings is 7. The van der Waals surface area contributed by atoms with Crippen LogP contribution in [0.5, 0.6) is 11.5 Å². The van der Waals surface area contributed by atoms with E-state index in [0.717, 1.165) is 60.1 Å². The predicted octanol–water partition coefficient (Wildman–Crippen LogP) is 19.3.